The van der Waals surface area contributed by atoms with Gasteiger partial charge in [-0.25, -0.2) is 8.42 Å². The molecule has 3 heterocycles. The third kappa shape index (κ3) is 3.62. The van der Waals surface area contributed by atoms with Crippen molar-refractivity contribution in [2.75, 3.05) is 12.3 Å². The highest BCUT2D eigenvalue weighted by Gasteiger charge is 2.31. The number of rotatable bonds is 4. The van der Waals surface area contributed by atoms with Crippen molar-refractivity contribution in [3.8, 4) is 10.8 Å². The lowest BCUT2D eigenvalue weighted by atomic mass is 10.0. The molecule has 7 nitrogen and oxygen atoms in total. The van der Waals surface area contributed by atoms with Crippen LogP contribution in [0.4, 0.5) is 0 Å². The molecular weight excluding hydrogens is 374 g/mol. The van der Waals surface area contributed by atoms with E-state index in [0.29, 0.717) is 15.8 Å². The summed E-state index contributed by atoms with van der Waals surface area (Å²) < 4.78 is 30.5. The summed E-state index contributed by atoms with van der Waals surface area (Å²) in [6, 6.07) is 3.37. The van der Waals surface area contributed by atoms with Crippen molar-refractivity contribution in [1.82, 2.24) is 15.1 Å². The molecule has 1 aliphatic heterocycles. The maximum absolute atomic E-state index is 12.4. The molecule has 130 valence electrons. The molecule has 0 N–H and O–H groups in total. The first kappa shape index (κ1) is 17.4. The third-order valence-corrected chi connectivity index (χ3v) is 6.44. The van der Waals surface area contributed by atoms with E-state index in [1.807, 2.05) is 6.92 Å². The zero-order chi connectivity index (χ0) is 17.3. The van der Waals surface area contributed by atoms with Crippen molar-refractivity contribution in [3.05, 3.63) is 16.5 Å². The van der Waals surface area contributed by atoms with Crippen molar-refractivity contribution >= 4 is 38.7 Å². The predicted octanol–water partition coefficient (Wildman–Crippen LogP) is 2.63. The first-order valence-electron chi connectivity index (χ1n) is 7.48. The van der Waals surface area contributed by atoms with Gasteiger partial charge in [-0.1, -0.05) is 16.7 Å². The van der Waals surface area contributed by atoms with Crippen LogP contribution in [0.15, 0.2) is 21.8 Å². The van der Waals surface area contributed by atoms with Crippen LogP contribution in [0.3, 0.4) is 0 Å². The second-order valence-corrected chi connectivity index (χ2v) is 9.25. The van der Waals surface area contributed by atoms with Gasteiger partial charge in [0.05, 0.1) is 9.21 Å². The average molecular weight is 390 g/mol. The highest BCUT2D eigenvalue weighted by molar-refractivity contribution is 7.91. The van der Waals surface area contributed by atoms with Crippen molar-refractivity contribution in [2.45, 2.75) is 37.5 Å². The van der Waals surface area contributed by atoms with Crippen molar-refractivity contribution < 1.29 is 17.6 Å². The molecule has 0 bridgehead atoms. The van der Waals surface area contributed by atoms with E-state index in [9.17, 15) is 13.2 Å². The van der Waals surface area contributed by atoms with E-state index >= 15 is 0 Å². The first-order chi connectivity index (χ1) is 11.4. The van der Waals surface area contributed by atoms with Crippen molar-refractivity contribution in [1.29, 1.82) is 0 Å². The number of aromatic nitrogens is 2. The minimum absolute atomic E-state index is 0.0490. The number of hydrogen-bond acceptors (Lipinski definition) is 7. The fourth-order valence-electron chi connectivity index (χ4n) is 2.64. The number of halogens is 1. The highest BCUT2D eigenvalue weighted by atomic mass is 35.5. The Morgan fingerprint density at radius 1 is 1.42 bits per heavy atom. The smallest absolute Gasteiger partial charge is 0.336 e. The topological polar surface area (TPSA) is 93.4 Å². The zero-order valence-corrected chi connectivity index (χ0v) is 15.3. The van der Waals surface area contributed by atoms with Crippen molar-refractivity contribution in [3.63, 3.8) is 0 Å². The van der Waals surface area contributed by atoms with E-state index in [4.69, 9.17) is 16.0 Å². The standard InChI is InChI=1S/C14H16ClN3O4S2/c1-9-4-2-3-7-18(9)12(19)8-24(20,21)14-17-16-13(22-14)10-5-6-11(15)23-10/h5-6,9H,2-4,7-8H2,1H3. The molecule has 1 fully saturated rings. The Balaban J connectivity index is 1.76. The van der Waals surface area contributed by atoms with Gasteiger partial charge in [0.15, 0.2) is 0 Å². The van der Waals surface area contributed by atoms with Crippen LogP contribution in [0.25, 0.3) is 10.8 Å². The molecule has 0 radical (unpaired) electrons. The number of hydrogen-bond donors (Lipinski definition) is 0. The van der Waals surface area contributed by atoms with E-state index in [-0.39, 0.29) is 11.9 Å². The second-order valence-electron chi connectivity index (χ2n) is 5.67. The second kappa shape index (κ2) is 6.81. The van der Waals surface area contributed by atoms with Crippen LogP contribution < -0.4 is 0 Å². The summed E-state index contributed by atoms with van der Waals surface area (Å²) in [5.41, 5.74) is 0. The van der Waals surface area contributed by atoms with Gasteiger partial charge in [0.2, 0.25) is 15.7 Å². The van der Waals surface area contributed by atoms with Crippen molar-refractivity contribution in [2.24, 2.45) is 0 Å². The van der Waals surface area contributed by atoms with Gasteiger partial charge in [0.1, 0.15) is 5.75 Å². The Labute approximate surface area is 148 Å². The van der Waals surface area contributed by atoms with Crippen LogP contribution in [0.2, 0.25) is 4.34 Å². The minimum Gasteiger partial charge on any atom is -0.407 e. The van der Waals surface area contributed by atoms with Crippen LogP contribution in [-0.2, 0) is 14.6 Å². The molecule has 0 spiro atoms. The summed E-state index contributed by atoms with van der Waals surface area (Å²) in [5.74, 6) is -1.02. The number of piperidine rings is 1. The van der Waals surface area contributed by atoms with Gasteiger partial charge in [0.25, 0.3) is 5.89 Å². The number of nitrogens with zero attached hydrogens (tertiary/aromatic N) is 3. The molecule has 2 aromatic rings. The van der Waals surface area contributed by atoms with E-state index < -0.39 is 26.7 Å². The minimum atomic E-state index is -3.97. The summed E-state index contributed by atoms with van der Waals surface area (Å²) in [7, 11) is -3.97. The molecule has 24 heavy (non-hydrogen) atoms. The van der Waals surface area contributed by atoms with Crippen LogP contribution in [0, 0.1) is 0 Å². The lowest BCUT2D eigenvalue weighted by Gasteiger charge is -2.33. The molecule has 1 unspecified atom stereocenters. The zero-order valence-electron chi connectivity index (χ0n) is 12.9. The Kier molecular flexibility index (Phi) is 4.93. The Morgan fingerprint density at radius 2 is 2.21 bits per heavy atom. The molecule has 1 saturated heterocycles. The normalized spacial score (nSPS) is 18.8. The lowest BCUT2D eigenvalue weighted by Crippen LogP contribution is -2.44. The maximum atomic E-state index is 12.4. The molecule has 10 heteroatoms. The van der Waals surface area contributed by atoms with Crippen LogP contribution >= 0.6 is 22.9 Å². The Morgan fingerprint density at radius 3 is 2.88 bits per heavy atom. The fraction of sp³-hybridized carbons (Fsp3) is 0.500. The van der Waals surface area contributed by atoms with Gasteiger partial charge in [-0.15, -0.1) is 16.4 Å². The molecule has 0 aliphatic carbocycles. The van der Waals surface area contributed by atoms with E-state index in [1.165, 1.54) is 11.3 Å². The van der Waals surface area contributed by atoms with E-state index in [2.05, 4.69) is 10.2 Å². The van der Waals surface area contributed by atoms with Gasteiger partial charge >= 0.3 is 5.22 Å². The lowest BCUT2D eigenvalue weighted by molar-refractivity contribution is -0.131. The molecule has 0 saturated carbocycles. The van der Waals surface area contributed by atoms with Gasteiger partial charge in [0, 0.05) is 12.6 Å². The van der Waals surface area contributed by atoms with E-state index in [0.717, 1.165) is 19.3 Å². The van der Waals surface area contributed by atoms with Crippen LogP contribution in [0.1, 0.15) is 26.2 Å². The average Bonchev–Trinajstić information content (AvgIpc) is 3.16. The summed E-state index contributed by atoms with van der Waals surface area (Å²) in [6.07, 6.45) is 2.82. The van der Waals surface area contributed by atoms with Gasteiger partial charge in [-0.2, -0.15) is 0 Å². The maximum Gasteiger partial charge on any atom is 0.336 e. The SMILES string of the molecule is CC1CCCCN1C(=O)CS(=O)(=O)c1nnc(-c2ccc(Cl)s2)o1. The van der Waals surface area contributed by atoms with Gasteiger partial charge < -0.3 is 9.32 Å². The number of carbonyl (C=O) groups is 1. The Hall–Kier alpha value is -1.45. The fourth-order valence-corrected chi connectivity index (χ4v) is 4.59. The summed E-state index contributed by atoms with van der Waals surface area (Å²) in [5, 5.41) is 6.77. The first-order valence-corrected chi connectivity index (χ1v) is 10.3. The molecule has 3 rings (SSSR count). The monoisotopic (exact) mass is 389 g/mol. The molecule has 1 atom stereocenters. The number of amides is 1. The van der Waals surface area contributed by atoms with Crippen LogP contribution in [0.5, 0.6) is 0 Å². The Bertz CT molecular complexity index is 846. The molecule has 2 aromatic heterocycles. The van der Waals surface area contributed by atoms with Gasteiger partial charge in [-0.05, 0) is 38.3 Å². The number of carbonyl (C=O) groups excluding carboxylic acids is 1. The summed E-state index contributed by atoms with van der Waals surface area (Å²) in [4.78, 5) is 14.5. The summed E-state index contributed by atoms with van der Waals surface area (Å²) >= 11 is 7.04. The van der Waals surface area contributed by atoms with Crippen LogP contribution in [-0.4, -0.2) is 47.8 Å². The van der Waals surface area contributed by atoms with E-state index in [1.54, 1.807) is 17.0 Å². The molecule has 1 aliphatic rings. The molecule has 1 amide bonds. The molecular formula is C14H16ClN3O4S2. The number of likely N-dealkylation sites (tertiary alicyclic amines) is 1. The summed E-state index contributed by atoms with van der Waals surface area (Å²) in [6.45, 7) is 2.51. The highest BCUT2D eigenvalue weighted by Crippen LogP contribution is 2.30. The number of sulfone groups is 1. The predicted molar refractivity (Wildman–Crippen MR) is 89.7 cm³/mol. The van der Waals surface area contributed by atoms with Gasteiger partial charge in [-0.3, -0.25) is 4.79 Å². The largest absolute Gasteiger partial charge is 0.407 e. The number of thiophene rings is 1. The quantitative estimate of drug-likeness (QED) is 0.797. The molecule has 0 aromatic carbocycles. The third-order valence-electron chi connectivity index (χ3n) is 3.89.